The molecule has 0 amide bonds. The number of nitrogens with zero attached hydrogens (tertiary/aromatic N) is 3. The van der Waals surface area contributed by atoms with Crippen molar-refractivity contribution in [2.45, 2.75) is 95.3 Å². The first-order chi connectivity index (χ1) is 32.6. The van der Waals surface area contributed by atoms with Crippen molar-refractivity contribution in [3.8, 4) is 22.4 Å². The first kappa shape index (κ1) is 41.4. The molecule has 0 aliphatic heterocycles. The molecule has 0 saturated heterocycles. The first-order valence-electron chi connectivity index (χ1n) is 24.3. The maximum atomic E-state index is 5.91. The molecule has 14 rings (SSSR count). The maximum Gasteiger partial charge on any atom is 0.147 e. The lowest BCUT2D eigenvalue weighted by molar-refractivity contribution is 0.565. The Bertz CT molecular complexity index is 3950. The summed E-state index contributed by atoms with van der Waals surface area (Å²) in [6, 6.07) is 55.1. The van der Waals surface area contributed by atoms with Gasteiger partial charge in [0.05, 0.1) is 22.2 Å². The number of fused-ring (bicyclic) bond motifs is 11. The van der Waals surface area contributed by atoms with Crippen LogP contribution in [0.15, 0.2) is 157 Å². The van der Waals surface area contributed by atoms with E-state index in [1.165, 1.54) is 82.5 Å². The van der Waals surface area contributed by atoms with Crippen LogP contribution in [0, 0.1) is 0 Å². The van der Waals surface area contributed by atoms with Crippen LogP contribution in [0.3, 0.4) is 0 Å². The zero-order valence-corrected chi connectivity index (χ0v) is 41.3. The maximum absolute atomic E-state index is 5.91. The third kappa shape index (κ3) is 5.80. The minimum atomic E-state index is -0.168. The van der Waals surface area contributed by atoms with Crippen molar-refractivity contribution in [1.29, 1.82) is 0 Å². The van der Waals surface area contributed by atoms with Gasteiger partial charge in [-0.05, 0) is 112 Å². The molecule has 8 aromatic carbocycles. The van der Waals surface area contributed by atoms with Gasteiger partial charge in [-0.2, -0.15) is 0 Å². The van der Waals surface area contributed by atoms with Crippen LogP contribution in [0.1, 0.15) is 124 Å². The SMILES string of the molecule is CC(C)(C)c1cc(-c2nccc3ccccc23)cc(-c2cccc3c2nc2c4c(S)c(C(C)(C)C)cc(C(C)(C)C)c4c4ccc5c6c(ccc5c4n32)C2c3ccccc3C6c3ccccc32)c1. The van der Waals surface area contributed by atoms with E-state index in [1.54, 1.807) is 0 Å². The molecule has 68 heavy (non-hydrogen) atoms. The summed E-state index contributed by atoms with van der Waals surface area (Å²) in [5, 5.41) is 8.48. The van der Waals surface area contributed by atoms with E-state index in [1.807, 2.05) is 6.20 Å². The molecule has 11 aromatic rings. The van der Waals surface area contributed by atoms with E-state index in [0.29, 0.717) is 0 Å². The number of hydrogen-bond acceptors (Lipinski definition) is 3. The average molecular weight is 898 g/mol. The summed E-state index contributed by atoms with van der Waals surface area (Å²) in [4.78, 5) is 11.9. The molecule has 4 heteroatoms. The van der Waals surface area contributed by atoms with E-state index < -0.39 is 0 Å². The highest BCUT2D eigenvalue weighted by molar-refractivity contribution is 7.80. The highest BCUT2D eigenvalue weighted by Crippen LogP contribution is 2.58. The number of benzene rings is 8. The second-order valence-corrected chi connectivity index (χ2v) is 23.1. The average Bonchev–Trinajstić information content (AvgIpc) is 3.72. The van der Waals surface area contributed by atoms with E-state index >= 15 is 0 Å². The predicted octanol–water partition coefficient (Wildman–Crippen LogP) is 17.0. The quantitative estimate of drug-likeness (QED) is 0.138. The van der Waals surface area contributed by atoms with Crippen LogP contribution < -0.4 is 0 Å². The molecule has 332 valence electrons. The second-order valence-electron chi connectivity index (χ2n) is 22.7. The first-order valence-corrected chi connectivity index (χ1v) is 24.7. The fraction of sp³-hybridized carbons (Fsp3) is 0.219. The highest BCUT2D eigenvalue weighted by atomic mass is 32.1. The Morgan fingerprint density at radius 3 is 1.82 bits per heavy atom. The Hall–Kier alpha value is -6.75. The van der Waals surface area contributed by atoms with Gasteiger partial charge in [-0.25, -0.2) is 4.98 Å². The van der Waals surface area contributed by atoms with Gasteiger partial charge in [-0.15, -0.1) is 12.6 Å². The summed E-state index contributed by atoms with van der Waals surface area (Å²) in [5.41, 5.74) is 20.5. The van der Waals surface area contributed by atoms with Gasteiger partial charge in [-0.1, -0.05) is 184 Å². The summed E-state index contributed by atoms with van der Waals surface area (Å²) in [6.45, 7) is 20.9. The van der Waals surface area contributed by atoms with Crippen LogP contribution in [0.5, 0.6) is 0 Å². The number of aromatic nitrogens is 3. The second kappa shape index (κ2) is 14.2. The molecular formula is C64H55N3S. The number of hydrogen-bond donors (Lipinski definition) is 1. The molecule has 3 aliphatic carbocycles. The van der Waals surface area contributed by atoms with E-state index in [0.717, 1.165) is 54.7 Å². The molecule has 3 heterocycles. The van der Waals surface area contributed by atoms with Crippen LogP contribution >= 0.6 is 12.6 Å². The van der Waals surface area contributed by atoms with Gasteiger partial charge in [0.15, 0.2) is 0 Å². The van der Waals surface area contributed by atoms with Crippen LogP contribution in [0.2, 0.25) is 0 Å². The van der Waals surface area contributed by atoms with Gasteiger partial charge in [0, 0.05) is 55.6 Å². The third-order valence-electron chi connectivity index (χ3n) is 15.5. The molecule has 0 radical (unpaired) electrons. The molecule has 0 atom stereocenters. The minimum absolute atomic E-state index is 0.110. The number of thiol groups is 1. The minimum Gasteiger partial charge on any atom is -0.291 e. The number of para-hydroxylation sites is 1. The van der Waals surface area contributed by atoms with Crippen molar-refractivity contribution in [3.05, 3.63) is 202 Å². The highest BCUT2D eigenvalue weighted by Gasteiger charge is 2.42. The van der Waals surface area contributed by atoms with Crippen molar-refractivity contribution in [3.63, 3.8) is 0 Å². The molecule has 0 fully saturated rings. The van der Waals surface area contributed by atoms with Crippen LogP contribution in [0.4, 0.5) is 0 Å². The number of rotatable bonds is 2. The molecule has 0 unspecified atom stereocenters. The Labute approximate surface area is 404 Å². The van der Waals surface area contributed by atoms with Crippen LogP contribution in [-0.2, 0) is 16.2 Å². The summed E-state index contributed by atoms with van der Waals surface area (Å²) in [5.74, 6) is 0.346. The molecule has 3 aromatic heterocycles. The summed E-state index contributed by atoms with van der Waals surface area (Å²) in [7, 11) is 0. The Morgan fingerprint density at radius 2 is 1.13 bits per heavy atom. The molecule has 3 nitrogen and oxygen atoms in total. The standard InChI is InChI=1S/C64H55N3S/c1-62(2,3)38-32-36(31-37(33-38)57-39-18-11-10-17-35(39)29-30-65-57)40-23-16-24-51-58(40)66-61-56-55(49(63(4,5)6)34-50(60(56)68)64(7,8)9)48-28-25-45-46(59(48)67(51)61)26-27-47-52-41-19-12-14-21-43(41)53(54(45)47)44-22-15-13-20-42(44)52/h10-34,52-53,68H,1-9H3. The molecule has 2 bridgehead atoms. The van der Waals surface area contributed by atoms with Crippen LogP contribution in [-0.4, -0.2) is 14.4 Å². The predicted molar refractivity (Wildman–Crippen MR) is 290 cm³/mol. The van der Waals surface area contributed by atoms with E-state index in [9.17, 15) is 0 Å². The van der Waals surface area contributed by atoms with Crippen molar-refractivity contribution < 1.29 is 0 Å². The lowest BCUT2D eigenvalue weighted by atomic mass is 9.60. The molecule has 0 N–H and O–H groups in total. The van der Waals surface area contributed by atoms with Gasteiger partial charge >= 0.3 is 0 Å². The van der Waals surface area contributed by atoms with E-state index in [4.69, 9.17) is 22.6 Å². The fourth-order valence-electron chi connectivity index (χ4n) is 12.3. The topological polar surface area (TPSA) is 30.2 Å². The zero-order chi connectivity index (χ0) is 46.8. The summed E-state index contributed by atoms with van der Waals surface area (Å²) >= 11 is 5.57. The molecule has 0 spiro atoms. The monoisotopic (exact) mass is 897 g/mol. The van der Waals surface area contributed by atoms with Crippen molar-refractivity contribution in [1.82, 2.24) is 14.4 Å². The number of imidazole rings is 1. The van der Waals surface area contributed by atoms with E-state index in [-0.39, 0.29) is 28.1 Å². The largest absolute Gasteiger partial charge is 0.291 e. The summed E-state index contributed by atoms with van der Waals surface area (Å²) in [6.07, 6.45) is 1.94. The third-order valence-corrected chi connectivity index (χ3v) is 15.9. The molecule has 3 aliphatic rings. The van der Waals surface area contributed by atoms with Crippen LogP contribution in [0.25, 0.3) is 82.3 Å². The van der Waals surface area contributed by atoms with Crippen molar-refractivity contribution >= 4 is 72.5 Å². The van der Waals surface area contributed by atoms with Crippen molar-refractivity contribution in [2.75, 3.05) is 0 Å². The smallest absolute Gasteiger partial charge is 0.147 e. The van der Waals surface area contributed by atoms with Gasteiger partial charge in [-0.3, -0.25) is 9.38 Å². The van der Waals surface area contributed by atoms with Gasteiger partial charge in [0.25, 0.3) is 0 Å². The Kier molecular flexibility index (Phi) is 8.62. The Balaban J connectivity index is 1.19. The fourth-order valence-corrected chi connectivity index (χ4v) is 12.9. The lowest BCUT2D eigenvalue weighted by Gasteiger charge is -2.42. The summed E-state index contributed by atoms with van der Waals surface area (Å²) < 4.78 is 2.51. The van der Waals surface area contributed by atoms with Gasteiger partial charge in [0.2, 0.25) is 0 Å². The van der Waals surface area contributed by atoms with E-state index in [2.05, 4.69) is 212 Å². The van der Waals surface area contributed by atoms with Gasteiger partial charge < -0.3 is 0 Å². The number of pyridine rings is 2. The molecule has 0 saturated carbocycles. The van der Waals surface area contributed by atoms with Gasteiger partial charge in [0.1, 0.15) is 5.65 Å². The lowest BCUT2D eigenvalue weighted by Crippen LogP contribution is -2.27. The normalized spacial score (nSPS) is 15.8. The zero-order valence-electron chi connectivity index (χ0n) is 40.4. The Morgan fingerprint density at radius 1 is 0.500 bits per heavy atom. The van der Waals surface area contributed by atoms with Crippen molar-refractivity contribution in [2.24, 2.45) is 0 Å². The molecular weight excluding hydrogens is 843 g/mol.